The van der Waals surface area contributed by atoms with E-state index < -0.39 is 0 Å². The molecule has 7 heteroatoms. The third-order valence-electron chi connectivity index (χ3n) is 3.78. The predicted molar refractivity (Wildman–Crippen MR) is 98.9 cm³/mol. The van der Waals surface area contributed by atoms with Crippen LogP contribution in [0.15, 0.2) is 67.0 Å². The maximum Gasteiger partial charge on any atom is 0.246 e. The van der Waals surface area contributed by atoms with E-state index in [2.05, 4.69) is 21.6 Å². The number of benzene rings is 2. The summed E-state index contributed by atoms with van der Waals surface area (Å²) in [4.78, 5) is 15.8. The summed E-state index contributed by atoms with van der Waals surface area (Å²) in [6.45, 7) is 0.505. The van der Waals surface area contributed by atoms with Crippen LogP contribution in [0.1, 0.15) is 6.42 Å². The summed E-state index contributed by atoms with van der Waals surface area (Å²) in [5, 5.41) is 20.1. The van der Waals surface area contributed by atoms with E-state index in [9.17, 15) is 4.79 Å². The van der Waals surface area contributed by atoms with Gasteiger partial charge in [0, 0.05) is 17.9 Å². The van der Waals surface area contributed by atoms with Crippen LogP contribution < -0.4 is 10.2 Å². The van der Waals surface area contributed by atoms with Gasteiger partial charge in [-0.05, 0) is 36.4 Å². The van der Waals surface area contributed by atoms with Gasteiger partial charge in [0.1, 0.15) is 0 Å². The van der Waals surface area contributed by atoms with Crippen molar-refractivity contribution in [1.82, 2.24) is 15.0 Å². The summed E-state index contributed by atoms with van der Waals surface area (Å²) in [6.07, 6.45) is 3.51. The molecule has 7 nitrogen and oxygen atoms in total. The van der Waals surface area contributed by atoms with Gasteiger partial charge in [-0.25, -0.2) is 0 Å². The van der Waals surface area contributed by atoms with E-state index in [-0.39, 0.29) is 18.9 Å². The lowest BCUT2D eigenvalue weighted by molar-refractivity contribution is -0.117. The molecule has 1 N–H and O–H groups in total. The molecule has 0 fully saturated rings. The predicted octanol–water partition coefficient (Wildman–Crippen LogP) is 2.63. The molecule has 0 spiro atoms. The first-order valence-corrected chi connectivity index (χ1v) is 8.21. The summed E-state index contributed by atoms with van der Waals surface area (Å²) in [6, 6.07) is 18.9. The molecule has 1 heterocycles. The fraction of sp³-hybridized carbons (Fsp3) is 0.158. The number of hydrogen-bond donors (Lipinski definition) is 1. The Hall–Kier alpha value is -3.66. The van der Waals surface area contributed by atoms with E-state index in [1.165, 1.54) is 4.80 Å². The Labute approximate surface area is 151 Å². The smallest absolute Gasteiger partial charge is 0.246 e. The van der Waals surface area contributed by atoms with Crippen LogP contribution in [-0.4, -0.2) is 34.0 Å². The number of amides is 1. The zero-order valence-electron chi connectivity index (χ0n) is 14.1. The van der Waals surface area contributed by atoms with Crippen molar-refractivity contribution in [2.24, 2.45) is 0 Å². The lowest BCUT2D eigenvalue weighted by Crippen LogP contribution is -2.36. The highest BCUT2D eigenvalue weighted by Crippen LogP contribution is 2.15. The number of rotatable bonds is 7. The molecule has 0 bridgehead atoms. The molecule has 2 aromatic carbocycles. The van der Waals surface area contributed by atoms with Crippen molar-refractivity contribution in [1.29, 1.82) is 5.26 Å². The zero-order chi connectivity index (χ0) is 18.2. The SMILES string of the molecule is N#CCCN(C(=O)CNc1ccc(-n2nccn2)cc1)c1ccccc1. The van der Waals surface area contributed by atoms with Crippen molar-refractivity contribution >= 4 is 17.3 Å². The summed E-state index contributed by atoms with van der Waals surface area (Å²) in [7, 11) is 0. The van der Waals surface area contributed by atoms with Crippen molar-refractivity contribution < 1.29 is 4.79 Å². The monoisotopic (exact) mass is 346 g/mol. The van der Waals surface area contributed by atoms with E-state index in [1.54, 1.807) is 17.3 Å². The summed E-state index contributed by atoms with van der Waals surface area (Å²) in [5.41, 5.74) is 2.45. The van der Waals surface area contributed by atoms with Crippen molar-refractivity contribution in [2.45, 2.75) is 6.42 Å². The molecule has 0 atom stereocenters. The maximum absolute atomic E-state index is 12.6. The standard InChI is InChI=1S/C19H18N6O/c20-11-4-14-24(17-5-2-1-3-6-17)19(26)15-21-16-7-9-18(10-8-16)25-22-12-13-23-25/h1-3,5-10,12-13,21H,4,14-15H2. The van der Waals surface area contributed by atoms with Crippen LogP contribution in [0.2, 0.25) is 0 Å². The molecular formula is C19H18N6O. The minimum absolute atomic E-state index is 0.0933. The Kier molecular flexibility index (Phi) is 5.58. The Morgan fingerprint density at radius 2 is 1.77 bits per heavy atom. The molecule has 3 rings (SSSR count). The molecule has 0 radical (unpaired) electrons. The number of anilines is 2. The van der Waals surface area contributed by atoms with Gasteiger partial charge in [-0.15, -0.1) is 0 Å². The number of carbonyl (C=O) groups excluding carboxylic acids is 1. The number of carbonyl (C=O) groups is 1. The number of para-hydroxylation sites is 1. The topological polar surface area (TPSA) is 86.8 Å². The van der Waals surface area contributed by atoms with Gasteiger partial charge in [-0.1, -0.05) is 18.2 Å². The van der Waals surface area contributed by atoms with E-state index in [0.29, 0.717) is 6.54 Å². The molecule has 130 valence electrons. The van der Waals surface area contributed by atoms with E-state index in [0.717, 1.165) is 17.1 Å². The molecule has 0 aliphatic carbocycles. The van der Waals surface area contributed by atoms with Crippen molar-refractivity contribution in [3.63, 3.8) is 0 Å². The average Bonchev–Trinajstić information content (AvgIpc) is 3.23. The highest BCUT2D eigenvalue weighted by molar-refractivity contribution is 5.96. The van der Waals surface area contributed by atoms with Crippen LogP contribution in [0, 0.1) is 11.3 Å². The number of nitriles is 1. The number of aromatic nitrogens is 3. The second-order valence-corrected chi connectivity index (χ2v) is 5.51. The van der Waals surface area contributed by atoms with Crippen LogP contribution in [0.4, 0.5) is 11.4 Å². The maximum atomic E-state index is 12.6. The first-order valence-electron chi connectivity index (χ1n) is 8.21. The molecule has 0 aliphatic heterocycles. The van der Waals surface area contributed by atoms with Crippen LogP contribution >= 0.6 is 0 Å². The first kappa shape index (κ1) is 17.2. The molecule has 1 amide bonds. The molecule has 3 aromatic rings. The van der Waals surface area contributed by atoms with Crippen molar-refractivity contribution in [3.8, 4) is 11.8 Å². The van der Waals surface area contributed by atoms with Crippen LogP contribution in [0.25, 0.3) is 5.69 Å². The zero-order valence-corrected chi connectivity index (χ0v) is 14.1. The van der Waals surface area contributed by atoms with E-state index >= 15 is 0 Å². The third kappa shape index (κ3) is 4.24. The molecule has 0 saturated carbocycles. The summed E-state index contributed by atoms with van der Waals surface area (Å²) >= 11 is 0. The molecule has 1 aromatic heterocycles. The fourth-order valence-electron chi connectivity index (χ4n) is 2.50. The van der Waals surface area contributed by atoms with Gasteiger partial charge in [0.2, 0.25) is 5.91 Å². The van der Waals surface area contributed by atoms with Crippen molar-refractivity contribution in [3.05, 3.63) is 67.0 Å². The van der Waals surface area contributed by atoms with E-state index in [4.69, 9.17) is 5.26 Å². The molecule has 0 aliphatic rings. The minimum Gasteiger partial charge on any atom is -0.376 e. The Morgan fingerprint density at radius 1 is 1.08 bits per heavy atom. The van der Waals surface area contributed by atoms with Gasteiger partial charge in [-0.2, -0.15) is 20.3 Å². The normalized spacial score (nSPS) is 10.1. The van der Waals surface area contributed by atoms with Gasteiger partial charge in [0.05, 0.1) is 37.1 Å². The second-order valence-electron chi connectivity index (χ2n) is 5.51. The summed E-state index contributed by atoms with van der Waals surface area (Å²) in [5.74, 6) is -0.0933. The summed E-state index contributed by atoms with van der Waals surface area (Å²) < 4.78 is 0. The molecular weight excluding hydrogens is 328 g/mol. The van der Waals surface area contributed by atoms with Gasteiger partial charge in [0.15, 0.2) is 0 Å². The van der Waals surface area contributed by atoms with Gasteiger partial charge in [-0.3, -0.25) is 4.79 Å². The number of nitrogens with one attached hydrogen (secondary N) is 1. The van der Waals surface area contributed by atoms with Gasteiger partial charge in [0.25, 0.3) is 0 Å². The highest BCUT2D eigenvalue weighted by Gasteiger charge is 2.15. The van der Waals surface area contributed by atoms with Crippen LogP contribution in [0.3, 0.4) is 0 Å². The fourth-order valence-corrected chi connectivity index (χ4v) is 2.50. The Morgan fingerprint density at radius 3 is 2.42 bits per heavy atom. The second kappa shape index (κ2) is 8.44. The molecule has 26 heavy (non-hydrogen) atoms. The Balaban J connectivity index is 1.63. The number of hydrogen-bond acceptors (Lipinski definition) is 5. The third-order valence-corrected chi connectivity index (χ3v) is 3.78. The van der Waals surface area contributed by atoms with Crippen LogP contribution in [0.5, 0.6) is 0 Å². The first-order chi connectivity index (χ1) is 12.8. The van der Waals surface area contributed by atoms with Gasteiger partial charge < -0.3 is 10.2 Å². The lowest BCUT2D eigenvalue weighted by atomic mass is 10.2. The number of nitrogens with zero attached hydrogens (tertiary/aromatic N) is 5. The van der Waals surface area contributed by atoms with E-state index in [1.807, 2.05) is 54.6 Å². The van der Waals surface area contributed by atoms with Gasteiger partial charge >= 0.3 is 0 Å². The van der Waals surface area contributed by atoms with Crippen molar-refractivity contribution in [2.75, 3.05) is 23.3 Å². The van der Waals surface area contributed by atoms with Crippen LogP contribution in [-0.2, 0) is 4.79 Å². The largest absolute Gasteiger partial charge is 0.376 e. The average molecular weight is 346 g/mol. The Bertz CT molecular complexity index is 869. The molecule has 0 unspecified atom stereocenters. The lowest BCUT2D eigenvalue weighted by Gasteiger charge is -2.22. The molecule has 0 saturated heterocycles. The quantitative estimate of drug-likeness (QED) is 0.710. The highest BCUT2D eigenvalue weighted by atomic mass is 16.2. The minimum atomic E-state index is -0.0933.